The van der Waals surface area contributed by atoms with Crippen molar-refractivity contribution in [1.29, 1.82) is 0 Å². The van der Waals surface area contributed by atoms with Crippen LogP contribution in [0.5, 0.6) is 0 Å². The number of nitrogens with one attached hydrogen (secondary N) is 1. The van der Waals surface area contributed by atoms with Gasteiger partial charge in [-0.25, -0.2) is 4.39 Å². The number of nitrogens with zero attached hydrogens (tertiary/aromatic N) is 3. The molecule has 0 unspecified atom stereocenters. The fourth-order valence-corrected chi connectivity index (χ4v) is 1.87. The van der Waals surface area contributed by atoms with E-state index in [0.717, 1.165) is 18.2 Å². The normalized spacial score (nSPS) is 10.7. The van der Waals surface area contributed by atoms with E-state index in [-0.39, 0.29) is 10.7 Å². The largest absolute Gasteiger partial charge is 0.301 e. The number of benzene rings is 2. The van der Waals surface area contributed by atoms with Crippen LogP contribution < -0.4 is 5.43 Å². The van der Waals surface area contributed by atoms with Gasteiger partial charge in [-0.3, -0.25) is 25.7 Å². The van der Waals surface area contributed by atoms with Gasteiger partial charge in [0.05, 0.1) is 27.2 Å². The first-order chi connectivity index (χ1) is 10.9. The van der Waals surface area contributed by atoms with Crippen LogP contribution in [0.3, 0.4) is 0 Å². The highest BCUT2D eigenvalue weighted by Gasteiger charge is 2.19. The number of anilines is 1. The first-order valence-corrected chi connectivity index (χ1v) is 6.43. The fraction of sp³-hybridized carbons (Fsp3) is 0. The maximum Gasteiger partial charge on any atom is 0.301 e. The van der Waals surface area contributed by atoms with Crippen LogP contribution in [0.4, 0.5) is 21.5 Å². The van der Waals surface area contributed by atoms with Gasteiger partial charge in [0.25, 0.3) is 5.69 Å². The molecule has 0 radical (unpaired) electrons. The number of hydrazone groups is 1. The molecule has 0 heterocycles. The summed E-state index contributed by atoms with van der Waals surface area (Å²) in [6.07, 6.45) is 1.24. The third-order valence-corrected chi connectivity index (χ3v) is 3.07. The van der Waals surface area contributed by atoms with Crippen LogP contribution in [0.1, 0.15) is 5.56 Å². The van der Waals surface area contributed by atoms with Crippen LogP contribution in [0.15, 0.2) is 41.5 Å². The minimum Gasteiger partial charge on any atom is -0.272 e. The maximum atomic E-state index is 12.9. The van der Waals surface area contributed by atoms with Gasteiger partial charge in [-0.1, -0.05) is 11.6 Å². The predicted octanol–water partition coefficient (Wildman–Crippen LogP) is 3.74. The Hall–Kier alpha value is -3.07. The molecule has 0 bridgehead atoms. The Morgan fingerprint density at radius 1 is 1.13 bits per heavy atom. The summed E-state index contributed by atoms with van der Waals surface area (Å²) in [5.74, 6) is -0.508. The van der Waals surface area contributed by atoms with Crippen molar-refractivity contribution in [3.05, 3.63) is 73.0 Å². The number of non-ortho nitro benzene ring substituents is 1. The Kier molecular flexibility index (Phi) is 4.82. The van der Waals surface area contributed by atoms with E-state index >= 15 is 0 Å². The molecule has 10 heteroatoms. The van der Waals surface area contributed by atoms with Gasteiger partial charge < -0.3 is 0 Å². The summed E-state index contributed by atoms with van der Waals surface area (Å²) in [6, 6.07) is 6.75. The Balaban J connectivity index is 2.24. The number of halogens is 2. The molecule has 23 heavy (non-hydrogen) atoms. The standard InChI is InChI=1S/C13H8ClFN4O4/c14-11-5-9(15)2-1-8(11)7-16-17-12-4-3-10(18(20)21)6-13(12)19(22)23/h1-7,17H/b16-7+. The third kappa shape index (κ3) is 3.98. The van der Waals surface area contributed by atoms with Gasteiger partial charge in [0, 0.05) is 11.6 Å². The van der Waals surface area contributed by atoms with Gasteiger partial charge in [0.15, 0.2) is 0 Å². The fourth-order valence-electron chi connectivity index (χ4n) is 1.66. The van der Waals surface area contributed by atoms with Crippen molar-refractivity contribution >= 4 is 34.9 Å². The molecule has 2 aromatic rings. The number of nitro groups is 2. The molecule has 0 fully saturated rings. The zero-order chi connectivity index (χ0) is 17.0. The summed E-state index contributed by atoms with van der Waals surface area (Å²) >= 11 is 5.81. The summed E-state index contributed by atoms with van der Waals surface area (Å²) in [7, 11) is 0. The highest BCUT2D eigenvalue weighted by Crippen LogP contribution is 2.28. The quantitative estimate of drug-likeness (QED) is 0.507. The van der Waals surface area contributed by atoms with E-state index in [0.29, 0.717) is 5.56 Å². The van der Waals surface area contributed by atoms with E-state index in [1.165, 1.54) is 24.4 Å². The first kappa shape index (κ1) is 16.3. The lowest BCUT2D eigenvalue weighted by Crippen LogP contribution is -1.99. The summed E-state index contributed by atoms with van der Waals surface area (Å²) in [5.41, 5.74) is 1.86. The van der Waals surface area contributed by atoms with Crippen molar-refractivity contribution in [1.82, 2.24) is 0 Å². The maximum absolute atomic E-state index is 12.9. The molecular weight excluding hydrogens is 331 g/mol. The second-order valence-electron chi connectivity index (χ2n) is 4.25. The molecule has 0 aliphatic heterocycles. The van der Waals surface area contributed by atoms with Crippen molar-refractivity contribution in [2.45, 2.75) is 0 Å². The molecule has 0 aromatic heterocycles. The Morgan fingerprint density at radius 3 is 2.48 bits per heavy atom. The number of hydrogen-bond donors (Lipinski definition) is 1. The van der Waals surface area contributed by atoms with Crippen molar-refractivity contribution in [2.75, 3.05) is 5.43 Å². The minimum absolute atomic E-state index is 0.0323. The van der Waals surface area contributed by atoms with Gasteiger partial charge in [0.1, 0.15) is 11.5 Å². The third-order valence-electron chi connectivity index (χ3n) is 2.74. The lowest BCUT2D eigenvalue weighted by molar-refractivity contribution is -0.393. The predicted molar refractivity (Wildman–Crippen MR) is 82.4 cm³/mol. The SMILES string of the molecule is O=[N+]([O-])c1ccc(N/N=C/c2ccc(F)cc2Cl)c([N+](=O)[O-])c1. The smallest absolute Gasteiger partial charge is 0.272 e. The van der Waals surface area contributed by atoms with Gasteiger partial charge >= 0.3 is 5.69 Å². The number of rotatable bonds is 5. The van der Waals surface area contributed by atoms with E-state index in [9.17, 15) is 24.6 Å². The minimum atomic E-state index is -0.768. The van der Waals surface area contributed by atoms with E-state index in [1.54, 1.807) is 0 Å². The summed E-state index contributed by atoms with van der Waals surface area (Å²) in [6.45, 7) is 0. The van der Waals surface area contributed by atoms with E-state index in [1.807, 2.05) is 0 Å². The van der Waals surface area contributed by atoms with Crippen molar-refractivity contribution < 1.29 is 14.2 Å². The van der Waals surface area contributed by atoms with Crippen LogP contribution in [-0.4, -0.2) is 16.1 Å². The average molecular weight is 339 g/mol. The summed E-state index contributed by atoms with van der Waals surface area (Å²) in [5, 5.41) is 25.5. The Bertz CT molecular complexity index is 813. The van der Waals surface area contributed by atoms with Crippen LogP contribution in [0.2, 0.25) is 5.02 Å². The molecular formula is C13H8ClFN4O4. The first-order valence-electron chi connectivity index (χ1n) is 6.05. The molecule has 0 saturated heterocycles. The van der Waals surface area contributed by atoms with Crippen molar-refractivity contribution in [3.63, 3.8) is 0 Å². The number of nitro benzene ring substituents is 2. The van der Waals surface area contributed by atoms with Crippen LogP contribution in [0, 0.1) is 26.0 Å². The highest BCUT2D eigenvalue weighted by atomic mass is 35.5. The molecule has 2 aromatic carbocycles. The van der Waals surface area contributed by atoms with Gasteiger partial charge in [-0.15, -0.1) is 0 Å². The zero-order valence-electron chi connectivity index (χ0n) is 11.3. The van der Waals surface area contributed by atoms with Crippen LogP contribution in [0.25, 0.3) is 0 Å². The van der Waals surface area contributed by atoms with E-state index in [4.69, 9.17) is 11.6 Å². The van der Waals surface area contributed by atoms with E-state index < -0.39 is 27.0 Å². The average Bonchev–Trinajstić information content (AvgIpc) is 2.49. The molecule has 118 valence electrons. The Labute approximate surface area is 133 Å². The molecule has 8 nitrogen and oxygen atoms in total. The van der Waals surface area contributed by atoms with Gasteiger partial charge in [-0.05, 0) is 24.3 Å². The molecule has 2 rings (SSSR count). The second-order valence-corrected chi connectivity index (χ2v) is 4.66. The lowest BCUT2D eigenvalue weighted by Gasteiger charge is -2.02. The zero-order valence-corrected chi connectivity index (χ0v) is 12.0. The van der Waals surface area contributed by atoms with E-state index in [2.05, 4.69) is 10.5 Å². The van der Waals surface area contributed by atoms with Crippen LogP contribution in [-0.2, 0) is 0 Å². The number of hydrogen-bond acceptors (Lipinski definition) is 6. The Morgan fingerprint density at radius 2 is 1.87 bits per heavy atom. The molecule has 0 spiro atoms. The molecule has 0 atom stereocenters. The molecule has 0 amide bonds. The molecule has 0 saturated carbocycles. The second kappa shape index (κ2) is 6.79. The lowest BCUT2D eigenvalue weighted by atomic mass is 10.2. The molecule has 0 aliphatic carbocycles. The van der Waals surface area contributed by atoms with Gasteiger partial charge in [-0.2, -0.15) is 5.10 Å². The highest BCUT2D eigenvalue weighted by molar-refractivity contribution is 6.33. The molecule has 1 N–H and O–H groups in total. The van der Waals surface area contributed by atoms with Crippen molar-refractivity contribution in [2.24, 2.45) is 5.10 Å². The summed E-state index contributed by atoms with van der Waals surface area (Å²) in [4.78, 5) is 20.1. The summed E-state index contributed by atoms with van der Waals surface area (Å²) < 4.78 is 12.9. The van der Waals surface area contributed by atoms with Crippen molar-refractivity contribution in [3.8, 4) is 0 Å². The van der Waals surface area contributed by atoms with Crippen LogP contribution >= 0.6 is 11.6 Å². The molecule has 0 aliphatic rings. The van der Waals surface area contributed by atoms with Gasteiger partial charge in [0.2, 0.25) is 0 Å². The monoisotopic (exact) mass is 338 g/mol. The topological polar surface area (TPSA) is 111 Å².